The molecule has 30 heavy (non-hydrogen) atoms. The Morgan fingerprint density at radius 2 is 1.60 bits per heavy atom. The van der Waals surface area contributed by atoms with Crippen molar-refractivity contribution in [3.05, 3.63) is 59.9 Å². The second kappa shape index (κ2) is 10.3. The van der Waals surface area contributed by atoms with Crippen molar-refractivity contribution in [2.24, 2.45) is 0 Å². The largest absolute Gasteiger partial charge is 0.336 e. The van der Waals surface area contributed by atoms with Crippen LogP contribution >= 0.6 is 0 Å². The molecule has 0 saturated carbocycles. The van der Waals surface area contributed by atoms with E-state index >= 15 is 0 Å². The summed E-state index contributed by atoms with van der Waals surface area (Å²) in [5, 5.41) is 2.72. The van der Waals surface area contributed by atoms with Crippen molar-refractivity contribution >= 4 is 27.5 Å². The minimum absolute atomic E-state index is 0.0115. The van der Waals surface area contributed by atoms with Gasteiger partial charge in [0, 0.05) is 32.7 Å². The van der Waals surface area contributed by atoms with Crippen LogP contribution in [0.15, 0.2) is 53.4 Å². The molecule has 0 aliphatic heterocycles. The summed E-state index contributed by atoms with van der Waals surface area (Å²) < 4.78 is 39.0. The molecule has 2 aromatic rings. The molecule has 0 aliphatic rings. The fourth-order valence-electron chi connectivity index (χ4n) is 2.69. The molecule has 0 fully saturated rings. The molecule has 0 spiro atoms. The van der Waals surface area contributed by atoms with Gasteiger partial charge in [-0.2, -0.15) is 0 Å². The number of carbonyl (C=O) groups is 2. The predicted molar refractivity (Wildman–Crippen MR) is 113 cm³/mol. The second-order valence-electron chi connectivity index (χ2n) is 7.05. The van der Waals surface area contributed by atoms with Gasteiger partial charge in [-0.05, 0) is 49.7 Å². The third-order valence-electron chi connectivity index (χ3n) is 4.53. The summed E-state index contributed by atoms with van der Waals surface area (Å²) in [5.41, 5.74) is 1.73. The third-order valence-corrected chi connectivity index (χ3v) is 6.40. The van der Waals surface area contributed by atoms with Gasteiger partial charge < -0.3 is 10.2 Å². The molecule has 0 radical (unpaired) electrons. The first-order chi connectivity index (χ1) is 14.1. The van der Waals surface area contributed by atoms with Crippen LogP contribution < -0.4 is 5.32 Å². The molecule has 0 aromatic heterocycles. The number of amides is 2. The molecule has 0 aliphatic carbocycles. The maximum atomic E-state index is 13.0. The predicted octanol–water partition coefficient (Wildman–Crippen LogP) is 2.63. The maximum Gasteiger partial charge on any atom is 0.243 e. The van der Waals surface area contributed by atoms with Crippen molar-refractivity contribution in [1.29, 1.82) is 0 Å². The fourth-order valence-corrected chi connectivity index (χ4v) is 3.90. The number of benzene rings is 2. The minimum atomic E-state index is -3.75. The van der Waals surface area contributed by atoms with Gasteiger partial charge in [0.2, 0.25) is 21.8 Å². The third kappa shape index (κ3) is 6.64. The molecule has 2 aromatic carbocycles. The number of rotatable bonds is 9. The van der Waals surface area contributed by atoms with Crippen molar-refractivity contribution in [3.63, 3.8) is 0 Å². The van der Waals surface area contributed by atoms with Gasteiger partial charge in [-0.1, -0.05) is 17.7 Å². The van der Waals surface area contributed by atoms with E-state index in [2.05, 4.69) is 5.32 Å². The Morgan fingerprint density at radius 3 is 2.20 bits per heavy atom. The summed E-state index contributed by atoms with van der Waals surface area (Å²) in [7, 11) is -0.824. The van der Waals surface area contributed by atoms with Crippen molar-refractivity contribution in [2.75, 3.05) is 32.5 Å². The Kier molecular flexibility index (Phi) is 8.08. The van der Waals surface area contributed by atoms with Gasteiger partial charge in [0.25, 0.3) is 0 Å². The van der Waals surface area contributed by atoms with E-state index in [0.29, 0.717) is 12.1 Å². The Balaban J connectivity index is 1.79. The zero-order chi connectivity index (χ0) is 22.3. The van der Waals surface area contributed by atoms with Gasteiger partial charge in [0.05, 0.1) is 11.4 Å². The first-order valence-electron chi connectivity index (χ1n) is 9.42. The maximum absolute atomic E-state index is 13.0. The average Bonchev–Trinajstić information content (AvgIpc) is 2.69. The molecule has 162 valence electrons. The summed E-state index contributed by atoms with van der Waals surface area (Å²) in [6.07, 6.45) is 0.386. The molecule has 0 saturated heterocycles. The molecule has 7 nitrogen and oxygen atoms in total. The van der Waals surface area contributed by atoms with Crippen LogP contribution in [-0.4, -0.2) is 56.6 Å². The summed E-state index contributed by atoms with van der Waals surface area (Å²) in [6.45, 7) is 1.96. The highest BCUT2D eigenvalue weighted by molar-refractivity contribution is 7.89. The molecule has 0 heterocycles. The van der Waals surface area contributed by atoms with E-state index in [1.807, 2.05) is 19.1 Å². The molecule has 0 atom stereocenters. The lowest BCUT2D eigenvalue weighted by Crippen LogP contribution is -2.35. The normalized spacial score (nSPS) is 11.4. The zero-order valence-electron chi connectivity index (χ0n) is 17.3. The zero-order valence-corrected chi connectivity index (χ0v) is 18.1. The number of anilines is 1. The van der Waals surface area contributed by atoms with Gasteiger partial charge >= 0.3 is 0 Å². The lowest BCUT2D eigenvalue weighted by molar-refractivity contribution is -0.133. The van der Waals surface area contributed by atoms with Crippen molar-refractivity contribution < 1.29 is 22.4 Å². The fraction of sp³-hybridized carbons (Fsp3) is 0.333. The molecule has 0 bridgehead atoms. The van der Waals surface area contributed by atoms with Crippen LogP contribution in [0.4, 0.5) is 10.1 Å². The molecular formula is C21H26FN3O4S. The van der Waals surface area contributed by atoms with Crippen LogP contribution in [0.5, 0.6) is 0 Å². The molecule has 2 rings (SSSR count). The van der Waals surface area contributed by atoms with Crippen molar-refractivity contribution in [2.45, 2.75) is 24.7 Å². The van der Waals surface area contributed by atoms with E-state index in [-0.39, 0.29) is 36.2 Å². The number of aryl methyl sites for hydroxylation is 1. The number of likely N-dealkylation sites (N-methyl/N-ethyl adjacent to an activating group) is 1. The van der Waals surface area contributed by atoms with E-state index in [1.54, 1.807) is 12.1 Å². The van der Waals surface area contributed by atoms with E-state index in [9.17, 15) is 22.4 Å². The van der Waals surface area contributed by atoms with E-state index in [1.165, 1.54) is 31.1 Å². The molecule has 9 heteroatoms. The van der Waals surface area contributed by atoms with Gasteiger partial charge in [-0.3, -0.25) is 9.59 Å². The van der Waals surface area contributed by atoms with Crippen LogP contribution in [0.1, 0.15) is 18.4 Å². The van der Waals surface area contributed by atoms with Crippen LogP contribution in [0.2, 0.25) is 0 Å². The number of halogens is 1. The first kappa shape index (κ1) is 23.5. The lowest BCUT2D eigenvalue weighted by Gasteiger charge is -2.19. The number of nitrogens with zero attached hydrogens (tertiary/aromatic N) is 2. The topological polar surface area (TPSA) is 86.8 Å². The average molecular weight is 436 g/mol. The standard InChI is InChI=1S/C21H26FN3O4S/c1-16-6-10-18(11-7-16)23-20(26)15-24(2)21(27)5-4-14-25(3)30(28,29)19-12-8-17(22)9-13-19/h6-13H,4-5,14-15H2,1-3H3,(H,23,26). The number of hydrogen-bond donors (Lipinski definition) is 1. The van der Waals surface area contributed by atoms with Gasteiger partial charge in [-0.15, -0.1) is 0 Å². The molecule has 1 N–H and O–H groups in total. The van der Waals surface area contributed by atoms with E-state index in [4.69, 9.17) is 0 Å². The van der Waals surface area contributed by atoms with Crippen LogP contribution in [0.3, 0.4) is 0 Å². The number of nitrogens with one attached hydrogen (secondary N) is 1. The minimum Gasteiger partial charge on any atom is -0.336 e. The van der Waals surface area contributed by atoms with Crippen molar-refractivity contribution in [3.8, 4) is 0 Å². The monoisotopic (exact) mass is 435 g/mol. The molecular weight excluding hydrogens is 409 g/mol. The van der Waals surface area contributed by atoms with Gasteiger partial charge in [0.15, 0.2) is 0 Å². The van der Waals surface area contributed by atoms with E-state index < -0.39 is 15.8 Å². The summed E-state index contributed by atoms with van der Waals surface area (Å²) in [5.74, 6) is -1.09. The second-order valence-corrected chi connectivity index (χ2v) is 9.09. The smallest absolute Gasteiger partial charge is 0.243 e. The van der Waals surface area contributed by atoms with Gasteiger partial charge in [0.1, 0.15) is 5.82 Å². The Bertz CT molecular complexity index is 976. The molecule has 2 amide bonds. The number of carbonyl (C=O) groups excluding carboxylic acids is 2. The van der Waals surface area contributed by atoms with Crippen LogP contribution in [0, 0.1) is 12.7 Å². The van der Waals surface area contributed by atoms with Crippen LogP contribution in [-0.2, 0) is 19.6 Å². The SMILES string of the molecule is Cc1ccc(NC(=O)CN(C)C(=O)CCCN(C)S(=O)(=O)c2ccc(F)cc2)cc1. The van der Waals surface area contributed by atoms with Gasteiger partial charge in [-0.25, -0.2) is 17.1 Å². The molecule has 0 unspecified atom stereocenters. The Hall–Kier alpha value is -2.78. The Labute approximate surface area is 176 Å². The highest BCUT2D eigenvalue weighted by atomic mass is 32.2. The summed E-state index contributed by atoms with van der Waals surface area (Å²) in [6, 6.07) is 11.9. The highest BCUT2D eigenvalue weighted by Gasteiger charge is 2.21. The number of hydrogen-bond acceptors (Lipinski definition) is 4. The summed E-state index contributed by atoms with van der Waals surface area (Å²) >= 11 is 0. The quantitative estimate of drug-likeness (QED) is 0.656. The Morgan fingerprint density at radius 1 is 1.00 bits per heavy atom. The van der Waals surface area contributed by atoms with Crippen LogP contribution in [0.25, 0.3) is 0 Å². The number of sulfonamides is 1. The highest BCUT2D eigenvalue weighted by Crippen LogP contribution is 2.15. The first-order valence-corrected chi connectivity index (χ1v) is 10.9. The lowest BCUT2D eigenvalue weighted by atomic mass is 10.2. The van der Waals surface area contributed by atoms with E-state index in [0.717, 1.165) is 22.0 Å². The van der Waals surface area contributed by atoms with Crippen molar-refractivity contribution in [1.82, 2.24) is 9.21 Å². The summed E-state index contributed by atoms with van der Waals surface area (Å²) in [4.78, 5) is 25.6.